The first-order valence-corrected chi connectivity index (χ1v) is 9.91. The minimum atomic E-state index is -0.483. The van der Waals surface area contributed by atoms with Crippen molar-refractivity contribution in [2.45, 2.75) is 32.8 Å². The highest BCUT2D eigenvalue weighted by Crippen LogP contribution is 2.33. The van der Waals surface area contributed by atoms with E-state index < -0.39 is 5.60 Å². The van der Waals surface area contributed by atoms with Crippen LogP contribution in [0.2, 0.25) is 0 Å². The summed E-state index contributed by atoms with van der Waals surface area (Å²) in [5.74, 6) is 0.637. The van der Waals surface area contributed by atoms with Crippen LogP contribution in [0.15, 0.2) is 36.5 Å². The molecule has 0 aliphatic carbocycles. The van der Waals surface area contributed by atoms with E-state index in [4.69, 9.17) is 4.74 Å². The normalized spacial score (nSPS) is 16.4. The number of nitrogens with one attached hydrogen (secondary N) is 1. The van der Waals surface area contributed by atoms with Gasteiger partial charge in [-0.1, -0.05) is 12.1 Å². The van der Waals surface area contributed by atoms with Crippen LogP contribution in [0.5, 0.6) is 0 Å². The number of ether oxygens (including phenoxy) is 1. The number of pyridine rings is 1. The standard InChI is InChI=1S/C22H26N4O3/c1-22(2,3)29-21(28)26-11-9-25(10-12-26)16-6-4-5-15(13-16)17-7-8-23-20-18(17)14-19(27)24-20/h4-8,13H,9-12,14H2,1-3H3,(H,23,24,27). The molecule has 0 unspecified atom stereocenters. The number of carbonyl (C=O) groups excluding carboxylic acids is 2. The molecule has 1 N–H and O–H groups in total. The molecule has 7 heteroatoms. The van der Waals surface area contributed by atoms with E-state index in [1.54, 1.807) is 11.1 Å². The van der Waals surface area contributed by atoms with Crippen molar-refractivity contribution in [3.05, 3.63) is 42.1 Å². The first kappa shape index (κ1) is 19.2. The summed E-state index contributed by atoms with van der Waals surface area (Å²) in [5.41, 5.74) is 3.66. The zero-order chi connectivity index (χ0) is 20.6. The van der Waals surface area contributed by atoms with Gasteiger partial charge in [0.05, 0.1) is 6.42 Å². The van der Waals surface area contributed by atoms with Gasteiger partial charge in [0.2, 0.25) is 5.91 Å². The monoisotopic (exact) mass is 394 g/mol. The van der Waals surface area contributed by atoms with Gasteiger partial charge in [0, 0.05) is 43.6 Å². The third-order valence-corrected chi connectivity index (χ3v) is 5.10. The number of hydrogen-bond acceptors (Lipinski definition) is 5. The predicted octanol–water partition coefficient (Wildman–Crippen LogP) is 3.30. The van der Waals surface area contributed by atoms with Crippen LogP contribution in [0.25, 0.3) is 11.1 Å². The Morgan fingerprint density at radius 1 is 1.14 bits per heavy atom. The Bertz CT molecular complexity index is 943. The third kappa shape index (κ3) is 4.18. The second-order valence-corrected chi connectivity index (χ2v) is 8.42. The lowest BCUT2D eigenvalue weighted by atomic mass is 9.99. The smallest absolute Gasteiger partial charge is 0.410 e. The van der Waals surface area contributed by atoms with Crippen molar-refractivity contribution in [1.29, 1.82) is 0 Å². The van der Waals surface area contributed by atoms with Gasteiger partial charge >= 0.3 is 6.09 Å². The molecule has 0 radical (unpaired) electrons. The summed E-state index contributed by atoms with van der Waals surface area (Å²) in [6.45, 7) is 8.39. The zero-order valence-electron chi connectivity index (χ0n) is 17.1. The number of anilines is 2. The molecule has 3 heterocycles. The molecule has 2 aliphatic heterocycles. The molecule has 29 heavy (non-hydrogen) atoms. The van der Waals surface area contributed by atoms with Crippen LogP contribution in [-0.4, -0.2) is 53.7 Å². The van der Waals surface area contributed by atoms with E-state index in [9.17, 15) is 9.59 Å². The van der Waals surface area contributed by atoms with Gasteiger partial charge < -0.3 is 19.9 Å². The maximum Gasteiger partial charge on any atom is 0.410 e. The van der Waals surface area contributed by atoms with Gasteiger partial charge in [-0.15, -0.1) is 0 Å². The van der Waals surface area contributed by atoms with Crippen molar-refractivity contribution < 1.29 is 14.3 Å². The Balaban J connectivity index is 1.48. The molecule has 152 valence electrons. The van der Waals surface area contributed by atoms with E-state index >= 15 is 0 Å². The summed E-state index contributed by atoms with van der Waals surface area (Å²) in [7, 11) is 0. The number of aromatic nitrogens is 1. The van der Waals surface area contributed by atoms with Gasteiger partial charge in [-0.05, 0) is 50.1 Å². The highest BCUT2D eigenvalue weighted by Gasteiger charge is 2.26. The summed E-state index contributed by atoms with van der Waals surface area (Å²) in [6, 6.07) is 10.3. The Morgan fingerprint density at radius 3 is 2.62 bits per heavy atom. The van der Waals surface area contributed by atoms with Crippen LogP contribution < -0.4 is 10.2 Å². The van der Waals surface area contributed by atoms with Crippen LogP contribution in [0, 0.1) is 0 Å². The molecular weight excluding hydrogens is 368 g/mol. The van der Waals surface area contributed by atoms with Crippen molar-refractivity contribution >= 4 is 23.5 Å². The van der Waals surface area contributed by atoms with Gasteiger partial charge in [-0.2, -0.15) is 0 Å². The number of rotatable bonds is 2. The summed E-state index contributed by atoms with van der Waals surface area (Å²) in [5, 5.41) is 2.81. The molecule has 0 atom stereocenters. The fourth-order valence-electron chi connectivity index (χ4n) is 3.73. The van der Waals surface area contributed by atoms with Crippen molar-refractivity contribution in [2.75, 3.05) is 36.4 Å². The predicted molar refractivity (Wildman–Crippen MR) is 112 cm³/mol. The molecule has 7 nitrogen and oxygen atoms in total. The zero-order valence-corrected chi connectivity index (χ0v) is 17.1. The molecule has 0 saturated carbocycles. The minimum absolute atomic E-state index is 0.0191. The van der Waals surface area contributed by atoms with Gasteiger partial charge in [0.1, 0.15) is 11.4 Å². The largest absolute Gasteiger partial charge is 0.444 e. The van der Waals surface area contributed by atoms with Gasteiger partial charge in [-0.3, -0.25) is 4.79 Å². The Kier molecular flexibility index (Phi) is 4.90. The SMILES string of the molecule is CC(C)(C)OC(=O)N1CCN(c2cccc(-c3ccnc4c3CC(=O)N4)c2)CC1. The third-order valence-electron chi connectivity index (χ3n) is 5.10. The molecule has 0 spiro atoms. The fraction of sp³-hybridized carbons (Fsp3) is 0.409. The lowest BCUT2D eigenvalue weighted by Gasteiger charge is -2.36. The first-order valence-electron chi connectivity index (χ1n) is 9.91. The molecule has 1 fully saturated rings. The van der Waals surface area contributed by atoms with Crippen LogP contribution in [0.1, 0.15) is 26.3 Å². The van der Waals surface area contributed by atoms with Gasteiger partial charge in [-0.25, -0.2) is 9.78 Å². The summed E-state index contributed by atoms with van der Waals surface area (Å²) < 4.78 is 5.48. The molecule has 1 aromatic carbocycles. The molecule has 2 amide bonds. The molecule has 1 aromatic heterocycles. The Hall–Kier alpha value is -3.09. The van der Waals surface area contributed by atoms with Crippen molar-refractivity contribution in [3.63, 3.8) is 0 Å². The second-order valence-electron chi connectivity index (χ2n) is 8.42. The van der Waals surface area contributed by atoms with Crippen LogP contribution in [0.3, 0.4) is 0 Å². The molecule has 0 bridgehead atoms. The molecule has 4 rings (SSSR count). The number of piperazine rings is 1. The quantitative estimate of drug-likeness (QED) is 0.846. The molecule has 2 aromatic rings. The van der Waals surface area contributed by atoms with Crippen LogP contribution in [-0.2, 0) is 16.0 Å². The average molecular weight is 394 g/mol. The van der Waals surface area contributed by atoms with E-state index in [0.29, 0.717) is 25.3 Å². The Labute approximate surface area is 170 Å². The van der Waals surface area contributed by atoms with Crippen molar-refractivity contribution in [2.24, 2.45) is 0 Å². The lowest BCUT2D eigenvalue weighted by Crippen LogP contribution is -2.50. The van der Waals surface area contributed by atoms with Crippen LogP contribution >= 0.6 is 0 Å². The van der Waals surface area contributed by atoms with Gasteiger partial charge in [0.15, 0.2) is 0 Å². The maximum atomic E-state index is 12.3. The number of nitrogens with zero attached hydrogens (tertiary/aromatic N) is 3. The Morgan fingerprint density at radius 2 is 1.90 bits per heavy atom. The highest BCUT2D eigenvalue weighted by molar-refractivity contribution is 6.00. The summed E-state index contributed by atoms with van der Waals surface area (Å²) in [6.07, 6.45) is 1.83. The minimum Gasteiger partial charge on any atom is -0.444 e. The van der Waals surface area contributed by atoms with E-state index in [1.807, 2.05) is 32.9 Å². The van der Waals surface area contributed by atoms with Crippen LogP contribution in [0.4, 0.5) is 16.3 Å². The number of hydrogen-bond donors (Lipinski definition) is 1. The van der Waals surface area contributed by atoms with E-state index in [1.165, 1.54) is 0 Å². The number of carbonyl (C=O) groups is 2. The lowest BCUT2D eigenvalue weighted by molar-refractivity contribution is -0.115. The van der Waals surface area contributed by atoms with E-state index in [-0.39, 0.29) is 12.0 Å². The maximum absolute atomic E-state index is 12.3. The summed E-state index contributed by atoms with van der Waals surface area (Å²) >= 11 is 0. The summed E-state index contributed by atoms with van der Waals surface area (Å²) in [4.78, 5) is 32.3. The van der Waals surface area contributed by atoms with Gasteiger partial charge in [0.25, 0.3) is 0 Å². The number of benzene rings is 1. The number of fused-ring (bicyclic) bond motifs is 1. The fourth-order valence-corrected chi connectivity index (χ4v) is 3.73. The molecule has 1 saturated heterocycles. The second kappa shape index (κ2) is 7.39. The van der Waals surface area contributed by atoms with E-state index in [0.717, 1.165) is 35.5 Å². The molecular formula is C22H26N4O3. The average Bonchev–Trinajstić information content (AvgIpc) is 3.07. The topological polar surface area (TPSA) is 74.8 Å². The molecule has 2 aliphatic rings. The van der Waals surface area contributed by atoms with Crippen molar-refractivity contribution in [1.82, 2.24) is 9.88 Å². The first-order chi connectivity index (χ1) is 13.8. The van der Waals surface area contributed by atoms with Crippen molar-refractivity contribution in [3.8, 4) is 11.1 Å². The number of amides is 2. The van der Waals surface area contributed by atoms with E-state index in [2.05, 4.69) is 33.4 Å². The highest BCUT2D eigenvalue weighted by atomic mass is 16.6.